The first-order chi connectivity index (χ1) is 19.2. The van der Waals surface area contributed by atoms with Crippen molar-refractivity contribution in [1.82, 2.24) is 4.98 Å². The van der Waals surface area contributed by atoms with Crippen molar-refractivity contribution >= 4 is 49.8 Å². The minimum Gasteiger partial charge on any atom is -0.507 e. The Hall–Kier alpha value is -4.77. The van der Waals surface area contributed by atoms with E-state index in [1.54, 1.807) is 42.5 Å². The van der Waals surface area contributed by atoms with Gasteiger partial charge in [-0.2, -0.15) is 0 Å². The fourth-order valence-corrected chi connectivity index (χ4v) is 6.15. The molecule has 1 N–H and O–H groups in total. The number of rotatable bonds is 6. The van der Waals surface area contributed by atoms with Gasteiger partial charge in [0, 0.05) is 24.1 Å². The Kier molecular flexibility index (Phi) is 6.22. The smallest absolute Gasteiger partial charge is 0.301 e. The standard InChI is InChI=1S/C29H23N3O7S/c1-3-38-20-8-9-21-23(14-20)40-29(30-21)31-25(16-5-4-6-19(13-16)32(36)37)24(27(34)28(31)35)26(33)17-7-10-22-18(12-17)11-15(2)39-22/h4-10,12-15,25,33H,3,11H2,1-2H3/t15-,25-/m1/s1. The van der Waals surface area contributed by atoms with Crippen LogP contribution in [-0.2, 0) is 16.0 Å². The number of non-ortho nitro benzene ring substituents is 1. The highest BCUT2D eigenvalue weighted by Gasteiger charge is 2.48. The van der Waals surface area contributed by atoms with E-state index in [0.717, 1.165) is 10.3 Å². The predicted octanol–water partition coefficient (Wildman–Crippen LogP) is 5.55. The van der Waals surface area contributed by atoms with Crippen molar-refractivity contribution in [3.05, 3.63) is 93.0 Å². The lowest BCUT2D eigenvalue weighted by atomic mass is 9.94. The van der Waals surface area contributed by atoms with Crippen LogP contribution in [-0.4, -0.2) is 39.4 Å². The van der Waals surface area contributed by atoms with Crippen LogP contribution in [0.5, 0.6) is 11.5 Å². The number of amides is 1. The van der Waals surface area contributed by atoms with Crippen molar-refractivity contribution < 1.29 is 29.1 Å². The molecule has 11 heteroatoms. The number of anilines is 1. The van der Waals surface area contributed by atoms with Crippen LogP contribution in [0.1, 0.15) is 36.6 Å². The molecule has 0 unspecified atom stereocenters. The van der Waals surface area contributed by atoms with E-state index in [1.165, 1.54) is 34.4 Å². The van der Waals surface area contributed by atoms with E-state index in [2.05, 4.69) is 4.98 Å². The minimum atomic E-state index is -1.14. The maximum atomic E-state index is 13.6. The van der Waals surface area contributed by atoms with Gasteiger partial charge in [-0.05, 0) is 61.4 Å². The number of thiazole rings is 1. The van der Waals surface area contributed by atoms with Crippen molar-refractivity contribution in [3.63, 3.8) is 0 Å². The van der Waals surface area contributed by atoms with Crippen molar-refractivity contribution in [3.8, 4) is 11.5 Å². The zero-order valence-corrected chi connectivity index (χ0v) is 22.3. The van der Waals surface area contributed by atoms with Gasteiger partial charge in [-0.15, -0.1) is 0 Å². The van der Waals surface area contributed by atoms with Crippen molar-refractivity contribution in [2.24, 2.45) is 0 Å². The molecule has 0 spiro atoms. The topological polar surface area (TPSA) is 132 Å². The van der Waals surface area contributed by atoms with Gasteiger partial charge >= 0.3 is 5.91 Å². The first-order valence-corrected chi connectivity index (χ1v) is 13.5. The predicted molar refractivity (Wildman–Crippen MR) is 149 cm³/mol. The van der Waals surface area contributed by atoms with Gasteiger partial charge in [0.25, 0.3) is 11.5 Å². The number of fused-ring (bicyclic) bond motifs is 2. The van der Waals surface area contributed by atoms with Crippen molar-refractivity contribution in [2.45, 2.75) is 32.4 Å². The quantitative estimate of drug-likeness (QED) is 0.107. The van der Waals surface area contributed by atoms with Gasteiger partial charge in [-0.3, -0.25) is 24.6 Å². The van der Waals surface area contributed by atoms with E-state index in [-0.39, 0.29) is 28.3 Å². The van der Waals surface area contributed by atoms with Crippen LogP contribution in [0.15, 0.2) is 66.2 Å². The average molecular weight is 558 g/mol. The summed E-state index contributed by atoms with van der Waals surface area (Å²) in [5.74, 6) is -0.842. The molecule has 4 aromatic rings. The van der Waals surface area contributed by atoms with Gasteiger partial charge < -0.3 is 14.6 Å². The molecule has 0 saturated carbocycles. The Bertz CT molecular complexity index is 1740. The van der Waals surface area contributed by atoms with Crippen molar-refractivity contribution in [1.29, 1.82) is 0 Å². The fourth-order valence-electron chi connectivity index (χ4n) is 5.13. The van der Waals surface area contributed by atoms with Crippen LogP contribution in [0, 0.1) is 10.1 Å². The van der Waals surface area contributed by atoms with E-state index in [1.807, 2.05) is 13.8 Å². The number of nitro groups is 1. The second-order valence-corrected chi connectivity index (χ2v) is 10.5. The number of Topliss-reactive ketones (excluding diaryl/α,β-unsaturated/α-hetero) is 1. The third-order valence-corrected chi connectivity index (χ3v) is 7.89. The molecular formula is C29H23N3O7S. The zero-order chi connectivity index (χ0) is 28.1. The maximum absolute atomic E-state index is 13.6. The molecule has 0 aliphatic carbocycles. The van der Waals surface area contributed by atoms with Crippen LogP contribution in [0.2, 0.25) is 0 Å². The maximum Gasteiger partial charge on any atom is 0.301 e. The number of carbonyl (C=O) groups is 2. The number of nitrogens with zero attached hydrogens (tertiary/aromatic N) is 3. The molecule has 0 bridgehead atoms. The molecule has 1 amide bonds. The summed E-state index contributed by atoms with van der Waals surface area (Å²) in [6, 6.07) is 14.9. The molecule has 3 aromatic carbocycles. The Balaban J connectivity index is 1.53. The molecule has 1 aromatic heterocycles. The summed E-state index contributed by atoms with van der Waals surface area (Å²) in [6.45, 7) is 4.28. The molecule has 40 heavy (non-hydrogen) atoms. The number of nitro benzene ring substituents is 1. The van der Waals surface area contributed by atoms with Crippen molar-refractivity contribution in [2.75, 3.05) is 11.5 Å². The van der Waals surface area contributed by atoms with Gasteiger partial charge in [-0.1, -0.05) is 23.5 Å². The summed E-state index contributed by atoms with van der Waals surface area (Å²) in [7, 11) is 0. The van der Waals surface area contributed by atoms with E-state index in [9.17, 15) is 24.8 Å². The Morgan fingerprint density at radius 2 is 2.02 bits per heavy atom. The number of hydrogen-bond acceptors (Lipinski definition) is 9. The number of ketones is 1. The summed E-state index contributed by atoms with van der Waals surface area (Å²) in [6.07, 6.45) is 0.610. The first-order valence-electron chi connectivity index (χ1n) is 12.6. The van der Waals surface area contributed by atoms with Gasteiger partial charge in [0.2, 0.25) is 0 Å². The number of hydrogen-bond donors (Lipinski definition) is 1. The monoisotopic (exact) mass is 557 g/mol. The minimum absolute atomic E-state index is 0.0230. The van der Waals surface area contributed by atoms with E-state index in [4.69, 9.17) is 9.47 Å². The van der Waals surface area contributed by atoms with E-state index < -0.39 is 22.7 Å². The SMILES string of the molecule is CCOc1ccc2nc(N3C(=O)C(=O)C(=C(O)c4ccc5c(c4)C[C@@H](C)O5)[C@H]3c3cccc([N+](=O)[O-])c3)sc2c1. The first kappa shape index (κ1) is 25.5. The third kappa shape index (κ3) is 4.24. The molecule has 1 saturated heterocycles. The fraction of sp³-hybridized carbons (Fsp3) is 0.207. The molecule has 2 atom stereocenters. The van der Waals surface area contributed by atoms with Crippen LogP contribution in [0.4, 0.5) is 10.8 Å². The van der Waals surface area contributed by atoms with Crippen LogP contribution < -0.4 is 14.4 Å². The normalized spacial score (nSPS) is 19.6. The highest BCUT2D eigenvalue weighted by Crippen LogP contribution is 2.45. The van der Waals surface area contributed by atoms with Crippen LogP contribution >= 0.6 is 11.3 Å². The number of aromatic nitrogens is 1. The second kappa shape index (κ2) is 9.76. The molecule has 6 rings (SSSR count). The molecule has 3 heterocycles. The van der Waals surface area contributed by atoms with E-state index >= 15 is 0 Å². The summed E-state index contributed by atoms with van der Waals surface area (Å²) >= 11 is 1.18. The number of benzene rings is 3. The van der Waals surface area contributed by atoms with Gasteiger partial charge in [0.15, 0.2) is 5.13 Å². The number of aliphatic hydroxyl groups is 1. The Morgan fingerprint density at radius 3 is 2.80 bits per heavy atom. The Morgan fingerprint density at radius 1 is 1.20 bits per heavy atom. The summed E-state index contributed by atoms with van der Waals surface area (Å²) in [5, 5.41) is 23.3. The van der Waals surface area contributed by atoms with E-state index in [0.29, 0.717) is 41.2 Å². The molecule has 1 fully saturated rings. The second-order valence-electron chi connectivity index (χ2n) is 9.54. The highest BCUT2D eigenvalue weighted by molar-refractivity contribution is 7.22. The largest absolute Gasteiger partial charge is 0.507 e. The average Bonchev–Trinajstić information content (AvgIpc) is 3.60. The summed E-state index contributed by atoms with van der Waals surface area (Å²) in [5.41, 5.74) is 1.71. The molecular weight excluding hydrogens is 534 g/mol. The molecule has 2 aliphatic rings. The van der Waals surface area contributed by atoms with Gasteiger partial charge in [0.05, 0.1) is 33.4 Å². The third-order valence-electron chi connectivity index (χ3n) is 6.88. The van der Waals surface area contributed by atoms with Crippen LogP contribution in [0.25, 0.3) is 16.0 Å². The molecule has 10 nitrogen and oxygen atoms in total. The highest BCUT2D eigenvalue weighted by atomic mass is 32.1. The summed E-state index contributed by atoms with van der Waals surface area (Å²) < 4.78 is 12.1. The van der Waals surface area contributed by atoms with Gasteiger partial charge in [0.1, 0.15) is 23.4 Å². The lowest BCUT2D eigenvalue weighted by Crippen LogP contribution is -2.29. The molecule has 0 radical (unpaired) electrons. The number of carbonyl (C=O) groups excluding carboxylic acids is 2. The number of ether oxygens (including phenoxy) is 2. The lowest BCUT2D eigenvalue weighted by molar-refractivity contribution is -0.384. The number of aliphatic hydroxyl groups excluding tert-OH is 1. The Labute approximate surface area is 232 Å². The van der Waals surface area contributed by atoms with Gasteiger partial charge in [-0.25, -0.2) is 4.98 Å². The van der Waals surface area contributed by atoms with Crippen LogP contribution in [0.3, 0.4) is 0 Å². The summed E-state index contributed by atoms with van der Waals surface area (Å²) in [4.78, 5) is 43.9. The molecule has 202 valence electrons. The molecule has 2 aliphatic heterocycles. The zero-order valence-electron chi connectivity index (χ0n) is 21.5. The lowest BCUT2D eigenvalue weighted by Gasteiger charge is -2.22.